The van der Waals surface area contributed by atoms with E-state index in [2.05, 4.69) is 15.6 Å². The van der Waals surface area contributed by atoms with Crippen molar-refractivity contribution in [3.05, 3.63) is 71.0 Å². The molecule has 0 aliphatic rings. The Bertz CT molecular complexity index is 1570. The lowest BCUT2D eigenvalue weighted by molar-refractivity contribution is -0.174. The molecule has 2 N–H and O–H groups in total. The minimum Gasteiger partial charge on any atom is -0.443 e. The molecule has 44 heavy (non-hydrogen) atoms. The number of ether oxygens (including phenoxy) is 2. The van der Waals surface area contributed by atoms with Gasteiger partial charge in [-0.3, -0.25) is 24.3 Å². The molecule has 2 heterocycles. The van der Waals surface area contributed by atoms with Gasteiger partial charge in [0.25, 0.3) is 11.3 Å². The summed E-state index contributed by atoms with van der Waals surface area (Å²) < 4.78 is 51.6. The molecule has 1 atom stereocenters. The second kappa shape index (κ2) is 13.6. The van der Waals surface area contributed by atoms with Gasteiger partial charge in [0, 0.05) is 6.20 Å². The van der Waals surface area contributed by atoms with Crippen LogP contribution < -0.4 is 16.2 Å². The number of alkyl halides is 3. The van der Waals surface area contributed by atoms with Crippen molar-refractivity contribution in [2.75, 3.05) is 5.32 Å². The summed E-state index contributed by atoms with van der Waals surface area (Å²) in [4.78, 5) is 66.8. The van der Waals surface area contributed by atoms with Gasteiger partial charge in [0.05, 0.1) is 17.4 Å². The Morgan fingerprint density at radius 1 is 1.00 bits per heavy atom. The summed E-state index contributed by atoms with van der Waals surface area (Å²) in [6, 6.07) is 9.20. The summed E-state index contributed by atoms with van der Waals surface area (Å²) >= 11 is 0. The first-order valence-electron chi connectivity index (χ1n) is 13.4. The van der Waals surface area contributed by atoms with Gasteiger partial charge in [-0.2, -0.15) is 13.2 Å². The van der Waals surface area contributed by atoms with E-state index in [4.69, 9.17) is 9.47 Å². The molecule has 0 spiro atoms. The molecule has 0 bridgehead atoms. The largest absolute Gasteiger partial charge is 0.452 e. The maximum absolute atomic E-state index is 13.4. The van der Waals surface area contributed by atoms with Crippen molar-refractivity contribution in [3.63, 3.8) is 0 Å². The van der Waals surface area contributed by atoms with Crippen molar-refractivity contribution >= 4 is 29.6 Å². The maximum atomic E-state index is 13.4. The monoisotopic (exact) mass is 619 g/mol. The predicted molar refractivity (Wildman–Crippen MR) is 152 cm³/mol. The number of carbonyl (C=O) groups is 4. The van der Waals surface area contributed by atoms with Crippen LogP contribution >= 0.6 is 0 Å². The number of pyridine rings is 1. The van der Waals surface area contributed by atoms with Crippen LogP contribution in [0.2, 0.25) is 0 Å². The van der Waals surface area contributed by atoms with E-state index in [0.717, 1.165) is 9.13 Å². The zero-order valence-electron chi connectivity index (χ0n) is 24.6. The van der Waals surface area contributed by atoms with E-state index in [1.165, 1.54) is 38.5 Å². The topological polar surface area (TPSA) is 151 Å². The molecular formula is C29H32F3N5O7. The Balaban J connectivity index is 1.80. The van der Waals surface area contributed by atoms with Gasteiger partial charge in [0.15, 0.2) is 0 Å². The molecule has 0 fully saturated rings. The lowest BCUT2D eigenvalue weighted by Gasteiger charge is -2.23. The van der Waals surface area contributed by atoms with Crippen molar-refractivity contribution in [3.8, 4) is 11.3 Å². The highest BCUT2D eigenvalue weighted by atomic mass is 19.4. The fraction of sp³-hybridized carbons (Fsp3) is 0.379. The molecule has 236 valence electrons. The first kappa shape index (κ1) is 33.6. The number of rotatable bonds is 9. The number of nitrogens with one attached hydrogen (secondary N) is 2. The second-order valence-electron chi connectivity index (χ2n) is 11.0. The number of imidazole rings is 1. The number of Topliss-reactive ketones (excluding diaryl/α,β-unsaturated/α-hetero) is 1. The third kappa shape index (κ3) is 9.02. The van der Waals surface area contributed by atoms with Gasteiger partial charge in [-0.15, -0.1) is 0 Å². The Hall–Kier alpha value is -4.95. The number of halogens is 3. The number of anilines is 1. The number of ketones is 1. The summed E-state index contributed by atoms with van der Waals surface area (Å²) in [6.07, 6.45) is -4.44. The average Bonchev–Trinajstić information content (AvgIpc) is 3.41. The third-order valence-corrected chi connectivity index (χ3v) is 5.92. The van der Waals surface area contributed by atoms with Crippen LogP contribution in [0.4, 0.5) is 28.4 Å². The van der Waals surface area contributed by atoms with E-state index in [9.17, 15) is 37.1 Å². The normalized spacial score (nSPS) is 12.4. The smallest absolute Gasteiger partial charge is 0.443 e. The molecule has 3 rings (SSSR count). The van der Waals surface area contributed by atoms with Crippen LogP contribution in [-0.4, -0.2) is 55.8 Å². The lowest BCUT2D eigenvalue weighted by atomic mass is 9.99. The van der Waals surface area contributed by atoms with Crippen LogP contribution in [-0.2, 0) is 32.2 Å². The van der Waals surface area contributed by atoms with Gasteiger partial charge in [-0.25, -0.2) is 19.1 Å². The molecule has 15 heteroatoms. The van der Waals surface area contributed by atoms with Gasteiger partial charge < -0.3 is 14.8 Å². The Morgan fingerprint density at radius 2 is 1.66 bits per heavy atom. The standard InChI is InChI=1S/C29H32F3N5O7/c1-17(2)23(24(39)29(30,31)32)35-22(38)14-37-21(18-9-7-6-8-10-18)12-11-20(25(37)40)34-26(41)43-15-19-13-36(16-33-19)27(42)44-28(3,4)5/h6-13,16-17,23H,14-15H2,1-5H3,(H,34,41)(H,35,38). The van der Waals surface area contributed by atoms with Crippen LogP contribution in [0.25, 0.3) is 11.3 Å². The van der Waals surface area contributed by atoms with Crippen LogP contribution in [0, 0.1) is 5.92 Å². The molecule has 12 nitrogen and oxygen atoms in total. The molecule has 3 aromatic rings. The van der Waals surface area contributed by atoms with E-state index in [1.54, 1.807) is 51.1 Å². The van der Waals surface area contributed by atoms with Gasteiger partial charge >= 0.3 is 18.4 Å². The Morgan fingerprint density at radius 3 is 2.25 bits per heavy atom. The number of amides is 2. The first-order valence-corrected chi connectivity index (χ1v) is 13.4. The van der Waals surface area contributed by atoms with Crippen molar-refractivity contribution in [2.45, 2.75) is 65.6 Å². The molecule has 0 aliphatic carbocycles. The number of hydrogen-bond acceptors (Lipinski definition) is 8. The van der Waals surface area contributed by atoms with Gasteiger partial charge in [-0.05, 0) is 44.4 Å². The van der Waals surface area contributed by atoms with Crippen molar-refractivity contribution < 1.29 is 41.8 Å². The fourth-order valence-corrected chi connectivity index (χ4v) is 3.90. The molecular weight excluding hydrogens is 587 g/mol. The molecule has 2 aromatic heterocycles. The van der Waals surface area contributed by atoms with Crippen LogP contribution in [0.1, 0.15) is 40.3 Å². The van der Waals surface area contributed by atoms with Crippen LogP contribution in [0.3, 0.4) is 0 Å². The highest BCUT2D eigenvalue weighted by Crippen LogP contribution is 2.22. The van der Waals surface area contributed by atoms with Crippen molar-refractivity contribution in [1.29, 1.82) is 0 Å². The summed E-state index contributed by atoms with van der Waals surface area (Å²) in [5.74, 6) is -4.04. The fourth-order valence-electron chi connectivity index (χ4n) is 3.90. The molecule has 1 unspecified atom stereocenters. The van der Waals surface area contributed by atoms with Gasteiger partial charge in [0.2, 0.25) is 5.91 Å². The van der Waals surface area contributed by atoms with Crippen LogP contribution in [0.15, 0.2) is 59.8 Å². The number of benzene rings is 1. The minimum absolute atomic E-state index is 0.202. The van der Waals surface area contributed by atoms with Gasteiger partial charge in [0.1, 0.15) is 30.8 Å². The van der Waals surface area contributed by atoms with Crippen molar-refractivity contribution in [1.82, 2.24) is 19.4 Å². The van der Waals surface area contributed by atoms with E-state index >= 15 is 0 Å². The van der Waals surface area contributed by atoms with E-state index in [1.807, 2.05) is 0 Å². The highest BCUT2D eigenvalue weighted by molar-refractivity contribution is 5.93. The summed E-state index contributed by atoms with van der Waals surface area (Å²) in [7, 11) is 0. The Labute approximate surface area is 250 Å². The van der Waals surface area contributed by atoms with E-state index in [0.29, 0.717) is 5.56 Å². The summed E-state index contributed by atoms with van der Waals surface area (Å²) in [6.45, 7) is 6.64. The SMILES string of the molecule is CC(C)C(NC(=O)Cn1c(-c2ccccc2)ccc(NC(=O)OCc2cn(C(=O)OC(C)(C)C)cn2)c1=O)C(=O)C(F)(F)F. The zero-order chi connectivity index (χ0) is 32.8. The second-order valence-corrected chi connectivity index (χ2v) is 11.0. The first-order chi connectivity index (χ1) is 20.5. The number of aromatic nitrogens is 3. The number of carbonyl (C=O) groups excluding carboxylic acids is 4. The van der Waals surface area contributed by atoms with E-state index < -0.39 is 59.7 Å². The molecule has 0 aliphatic heterocycles. The predicted octanol–water partition coefficient (Wildman–Crippen LogP) is 4.52. The maximum Gasteiger partial charge on any atom is 0.452 e. The molecule has 1 aromatic carbocycles. The molecule has 0 radical (unpaired) electrons. The molecule has 0 saturated heterocycles. The highest BCUT2D eigenvalue weighted by Gasteiger charge is 2.45. The molecule has 2 amide bonds. The quantitative estimate of drug-likeness (QED) is 0.355. The lowest BCUT2D eigenvalue weighted by Crippen LogP contribution is -2.50. The zero-order valence-corrected chi connectivity index (χ0v) is 24.6. The third-order valence-electron chi connectivity index (χ3n) is 5.92. The Kier molecular flexibility index (Phi) is 10.3. The van der Waals surface area contributed by atoms with Crippen LogP contribution in [0.5, 0.6) is 0 Å². The molecule has 0 saturated carbocycles. The summed E-state index contributed by atoms with van der Waals surface area (Å²) in [5, 5.41) is 4.35. The summed E-state index contributed by atoms with van der Waals surface area (Å²) in [5.41, 5.74) is -0.977. The van der Waals surface area contributed by atoms with Crippen molar-refractivity contribution in [2.24, 2.45) is 5.92 Å². The number of hydrogen-bond donors (Lipinski definition) is 2. The number of nitrogens with zero attached hydrogens (tertiary/aromatic N) is 3. The van der Waals surface area contributed by atoms with E-state index in [-0.39, 0.29) is 23.7 Å². The average molecular weight is 620 g/mol. The van der Waals surface area contributed by atoms with Gasteiger partial charge in [-0.1, -0.05) is 44.2 Å². The minimum atomic E-state index is -5.17.